The van der Waals surface area contributed by atoms with E-state index >= 15 is 0 Å². The van der Waals surface area contributed by atoms with Crippen LogP contribution in [0.4, 0.5) is 0 Å². The van der Waals surface area contributed by atoms with Crippen LogP contribution in [0, 0.1) is 5.41 Å². The third kappa shape index (κ3) is 9.52. The van der Waals surface area contributed by atoms with Crippen molar-refractivity contribution in [1.82, 2.24) is 14.7 Å². The van der Waals surface area contributed by atoms with Crippen LogP contribution in [-0.4, -0.2) is 90.5 Å². The lowest BCUT2D eigenvalue weighted by molar-refractivity contribution is 0.0688. The van der Waals surface area contributed by atoms with Crippen LogP contribution in [0.5, 0.6) is 0 Å². The minimum atomic E-state index is -0.551. The van der Waals surface area contributed by atoms with E-state index in [4.69, 9.17) is 4.43 Å². The van der Waals surface area contributed by atoms with E-state index in [0.29, 0.717) is 5.41 Å². The molecule has 0 radical (unpaired) electrons. The highest BCUT2D eigenvalue weighted by molar-refractivity contribution is 6.27. The van der Waals surface area contributed by atoms with E-state index in [-0.39, 0.29) is 5.60 Å². The third-order valence-corrected chi connectivity index (χ3v) is 8.18. The van der Waals surface area contributed by atoms with Gasteiger partial charge >= 0.3 is 0 Å². The van der Waals surface area contributed by atoms with Crippen LogP contribution in [0.15, 0.2) is 0 Å². The lowest BCUT2D eigenvalue weighted by Crippen LogP contribution is -2.50. The van der Waals surface area contributed by atoms with Crippen LogP contribution in [0.2, 0.25) is 6.04 Å². The molecule has 4 nitrogen and oxygen atoms in total. The zero-order valence-corrected chi connectivity index (χ0v) is 20.2. The minimum Gasteiger partial charge on any atom is -0.419 e. The Balaban J connectivity index is 5.26. The largest absolute Gasteiger partial charge is 0.419 e. The Morgan fingerprint density at radius 3 is 1.36 bits per heavy atom. The summed E-state index contributed by atoms with van der Waals surface area (Å²) in [5, 5.41) is 0. The lowest BCUT2D eigenvalue weighted by Gasteiger charge is -2.42. The summed E-state index contributed by atoms with van der Waals surface area (Å²) in [7, 11) is 6.23. The fraction of sp³-hybridized carbons (Fsp3) is 1.00. The zero-order valence-electron chi connectivity index (χ0n) is 18.8. The van der Waals surface area contributed by atoms with Crippen molar-refractivity contribution in [2.24, 2.45) is 5.41 Å². The lowest BCUT2D eigenvalue weighted by atomic mass is 9.88. The molecule has 0 spiro atoms. The van der Waals surface area contributed by atoms with Crippen LogP contribution in [0.3, 0.4) is 0 Å². The van der Waals surface area contributed by atoms with Crippen LogP contribution in [0.25, 0.3) is 0 Å². The van der Waals surface area contributed by atoms with Gasteiger partial charge < -0.3 is 19.1 Å². The van der Waals surface area contributed by atoms with E-state index < -0.39 is 9.76 Å². The number of rotatable bonds is 15. The molecule has 0 heterocycles. The first-order valence-electron chi connectivity index (χ1n) is 10.4. The highest BCUT2D eigenvalue weighted by Crippen LogP contribution is 2.28. The second-order valence-corrected chi connectivity index (χ2v) is 9.44. The second-order valence-electron chi connectivity index (χ2n) is 8.25. The van der Waals surface area contributed by atoms with Gasteiger partial charge in [-0.3, -0.25) is 0 Å². The molecule has 0 aliphatic carbocycles. The molecule has 0 aromatic rings. The topological polar surface area (TPSA) is 19.0 Å². The Kier molecular flexibility index (Phi) is 12.5. The van der Waals surface area contributed by atoms with Crippen LogP contribution in [0.1, 0.15) is 54.4 Å². The molecule has 0 aliphatic rings. The Labute approximate surface area is 161 Å². The van der Waals surface area contributed by atoms with Crippen molar-refractivity contribution in [3.05, 3.63) is 0 Å². The van der Waals surface area contributed by atoms with Gasteiger partial charge in [0.15, 0.2) is 9.76 Å². The molecule has 0 aromatic heterocycles. The first-order valence-corrected chi connectivity index (χ1v) is 12.0. The average molecular weight is 374 g/mol. The molecule has 5 heteroatoms. The fourth-order valence-electron chi connectivity index (χ4n) is 3.41. The summed E-state index contributed by atoms with van der Waals surface area (Å²) in [5.74, 6) is 0. The van der Waals surface area contributed by atoms with E-state index in [1.165, 1.54) is 6.04 Å². The van der Waals surface area contributed by atoms with E-state index in [2.05, 4.69) is 77.4 Å². The van der Waals surface area contributed by atoms with Gasteiger partial charge in [-0.1, -0.05) is 34.6 Å². The maximum Gasteiger partial charge on any atom is 0.163 e. The summed E-state index contributed by atoms with van der Waals surface area (Å²) in [5.41, 5.74) is 0.386. The highest BCUT2D eigenvalue weighted by Gasteiger charge is 2.34. The maximum absolute atomic E-state index is 6.51. The number of hydrogen-bond acceptors (Lipinski definition) is 4. The molecule has 0 N–H and O–H groups in total. The molecule has 0 aromatic carbocycles. The molecule has 0 atom stereocenters. The third-order valence-electron chi connectivity index (χ3n) is 6.01. The summed E-state index contributed by atoms with van der Waals surface area (Å²) < 4.78 is 6.51. The molecule has 0 saturated heterocycles. The van der Waals surface area contributed by atoms with Crippen LogP contribution >= 0.6 is 0 Å². The molecular weight excluding hydrogens is 326 g/mol. The number of nitrogens with zero attached hydrogens (tertiary/aromatic N) is 3. The SMILES string of the molecule is CCN(C)CC(C[SiH2]OC(C)(CC)CC)(CN(C)CC)CN(C)CC. The monoisotopic (exact) mass is 373 g/mol. The van der Waals surface area contributed by atoms with E-state index in [9.17, 15) is 0 Å². The van der Waals surface area contributed by atoms with Crippen molar-refractivity contribution in [2.75, 3.05) is 60.4 Å². The second kappa shape index (κ2) is 12.4. The maximum atomic E-state index is 6.51. The standard InChI is InChI=1S/C20H47N3OSi/c1-10-19(6,11-2)24-25-18-20(15-21(7)12-3,16-22(8)13-4)17-23(9)14-5/h10-18,25H2,1-9H3. The normalized spacial score (nSPS) is 13.9. The van der Waals surface area contributed by atoms with Crippen molar-refractivity contribution in [3.8, 4) is 0 Å². The summed E-state index contributed by atoms with van der Waals surface area (Å²) in [4.78, 5) is 7.46. The van der Waals surface area contributed by atoms with Gasteiger partial charge in [-0.05, 0) is 66.6 Å². The van der Waals surface area contributed by atoms with Gasteiger partial charge in [0.05, 0.1) is 5.60 Å². The summed E-state index contributed by atoms with van der Waals surface area (Å²) in [6, 6.07) is 1.25. The zero-order chi connectivity index (χ0) is 19.5. The molecule has 25 heavy (non-hydrogen) atoms. The van der Waals surface area contributed by atoms with Gasteiger partial charge in [-0.25, -0.2) is 0 Å². The summed E-state index contributed by atoms with van der Waals surface area (Å²) in [6.45, 7) is 20.4. The molecule has 152 valence electrons. The van der Waals surface area contributed by atoms with Gasteiger partial charge in [-0.15, -0.1) is 0 Å². The molecule has 0 aliphatic heterocycles. The summed E-state index contributed by atoms with van der Waals surface area (Å²) >= 11 is 0. The first kappa shape index (κ1) is 25.1. The summed E-state index contributed by atoms with van der Waals surface area (Å²) in [6.07, 6.45) is 2.23. The number of hydrogen-bond donors (Lipinski definition) is 0. The van der Waals surface area contributed by atoms with Gasteiger partial charge in [0, 0.05) is 25.0 Å². The van der Waals surface area contributed by atoms with Crippen LogP contribution in [-0.2, 0) is 4.43 Å². The Hall–Kier alpha value is 0.0569. The van der Waals surface area contributed by atoms with Crippen molar-refractivity contribution in [2.45, 2.75) is 66.0 Å². The quantitative estimate of drug-likeness (QED) is 0.411. The van der Waals surface area contributed by atoms with Crippen molar-refractivity contribution in [3.63, 3.8) is 0 Å². The molecule has 0 unspecified atom stereocenters. The molecule has 0 amide bonds. The molecule has 0 saturated carbocycles. The van der Waals surface area contributed by atoms with Crippen molar-refractivity contribution in [1.29, 1.82) is 0 Å². The smallest absolute Gasteiger partial charge is 0.163 e. The molecule has 0 rings (SSSR count). The van der Waals surface area contributed by atoms with E-state index in [0.717, 1.165) is 52.1 Å². The predicted octanol–water partition coefficient (Wildman–Crippen LogP) is 2.93. The van der Waals surface area contributed by atoms with Crippen molar-refractivity contribution >= 4 is 9.76 Å². The minimum absolute atomic E-state index is 0.0853. The predicted molar refractivity (Wildman–Crippen MR) is 115 cm³/mol. The van der Waals surface area contributed by atoms with Gasteiger partial charge in [-0.2, -0.15) is 0 Å². The van der Waals surface area contributed by atoms with Crippen molar-refractivity contribution < 1.29 is 4.43 Å². The molecular formula is C20H47N3OSi. The van der Waals surface area contributed by atoms with E-state index in [1.807, 2.05) is 0 Å². The van der Waals surface area contributed by atoms with Gasteiger partial charge in [0.25, 0.3) is 0 Å². The van der Waals surface area contributed by atoms with Gasteiger partial charge in [0.2, 0.25) is 0 Å². The molecule has 0 bridgehead atoms. The average Bonchev–Trinajstić information content (AvgIpc) is 2.60. The highest BCUT2D eigenvalue weighted by atomic mass is 28.2. The Morgan fingerprint density at radius 2 is 1.08 bits per heavy atom. The van der Waals surface area contributed by atoms with E-state index in [1.54, 1.807) is 0 Å². The fourth-order valence-corrected chi connectivity index (χ4v) is 5.32. The van der Waals surface area contributed by atoms with Gasteiger partial charge in [0.1, 0.15) is 0 Å². The van der Waals surface area contributed by atoms with Crippen LogP contribution < -0.4 is 0 Å². The molecule has 0 fully saturated rings. The Bertz CT molecular complexity index is 306. The first-order chi connectivity index (χ1) is 11.7. The Morgan fingerprint density at radius 1 is 0.720 bits per heavy atom.